The van der Waals surface area contributed by atoms with Gasteiger partial charge in [-0.1, -0.05) is 18.0 Å². The maximum Gasteiger partial charge on any atom is 0.282 e. The summed E-state index contributed by atoms with van der Waals surface area (Å²) in [5.74, 6) is 1.56. The lowest BCUT2D eigenvalue weighted by atomic mass is 9.84. The van der Waals surface area contributed by atoms with E-state index >= 15 is 0 Å². The number of amides is 1. The normalized spacial score (nSPS) is 27.6. The minimum atomic E-state index is -0.548. The summed E-state index contributed by atoms with van der Waals surface area (Å²) in [5.41, 5.74) is -0.172. The Labute approximate surface area is 134 Å². The van der Waals surface area contributed by atoms with Gasteiger partial charge in [0.15, 0.2) is 0 Å². The molecule has 0 spiro atoms. The Kier molecular flexibility index (Phi) is 4.08. The Hall–Kier alpha value is -1.62. The van der Waals surface area contributed by atoms with Crippen molar-refractivity contribution in [2.45, 2.75) is 38.6 Å². The topological polar surface area (TPSA) is 72.2 Å². The number of nitro benzene ring substituents is 1. The molecule has 0 saturated heterocycles. The second-order valence-corrected chi connectivity index (χ2v) is 6.96. The van der Waals surface area contributed by atoms with E-state index in [-0.39, 0.29) is 17.3 Å². The van der Waals surface area contributed by atoms with Crippen LogP contribution in [0.1, 0.15) is 43.0 Å². The van der Waals surface area contributed by atoms with Gasteiger partial charge in [-0.05, 0) is 56.1 Å². The molecule has 3 rings (SSSR count). The molecule has 4 atom stereocenters. The third kappa shape index (κ3) is 2.82. The van der Waals surface area contributed by atoms with Crippen molar-refractivity contribution < 1.29 is 9.72 Å². The van der Waals surface area contributed by atoms with Crippen LogP contribution in [-0.4, -0.2) is 16.9 Å². The van der Waals surface area contributed by atoms with Crippen LogP contribution in [0.3, 0.4) is 0 Å². The third-order valence-electron chi connectivity index (χ3n) is 5.19. The molecule has 2 fully saturated rings. The highest BCUT2D eigenvalue weighted by atomic mass is 35.5. The maximum absolute atomic E-state index is 12.4. The van der Waals surface area contributed by atoms with E-state index in [1.807, 2.05) is 6.92 Å². The molecule has 22 heavy (non-hydrogen) atoms. The predicted octanol–water partition coefficient (Wildman–Crippen LogP) is 3.80. The molecule has 2 bridgehead atoms. The van der Waals surface area contributed by atoms with Crippen molar-refractivity contribution in [1.29, 1.82) is 0 Å². The first-order valence-electron chi connectivity index (χ1n) is 7.70. The molecule has 0 heterocycles. The molecule has 1 N–H and O–H groups in total. The molecule has 0 aromatic heterocycles. The molecule has 2 saturated carbocycles. The lowest BCUT2D eigenvalue weighted by Gasteiger charge is -2.28. The molecule has 2 aliphatic rings. The van der Waals surface area contributed by atoms with Crippen LogP contribution in [0.25, 0.3) is 0 Å². The quantitative estimate of drug-likeness (QED) is 0.677. The van der Waals surface area contributed by atoms with Crippen LogP contribution in [0, 0.1) is 27.9 Å². The maximum atomic E-state index is 12.4. The molecular formula is C16H19ClN2O3. The Bertz CT molecular complexity index is 619. The van der Waals surface area contributed by atoms with E-state index in [9.17, 15) is 14.9 Å². The molecule has 0 radical (unpaired) electrons. The molecule has 0 aliphatic heterocycles. The monoisotopic (exact) mass is 322 g/mol. The minimum Gasteiger partial charge on any atom is -0.349 e. The van der Waals surface area contributed by atoms with Crippen LogP contribution in [0.5, 0.6) is 0 Å². The molecule has 1 aromatic carbocycles. The fourth-order valence-corrected chi connectivity index (χ4v) is 4.32. The molecular weight excluding hydrogens is 304 g/mol. The molecule has 2 aliphatic carbocycles. The van der Waals surface area contributed by atoms with E-state index in [0.717, 1.165) is 12.3 Å². The van der Waals surface area contributed by atoms with Gasteiger partial charge in [-0.3, -0.25) is 14.9 Å². The van der Waals surface area contributed by atoms with Gasteiger partial charge < -0.3 is 5.32 Å². The summed E-state index contributed by atoms with van der Waals surface area (Å²) in [7, 11) is 0. The lowest BCUT2D eigenvalue weighted by Crippen LogP contribution is -2.40. The summed E-state index contributed by atoms with van der Waals surface area (Å²) in [6.07, 6.45) is 4.97. The van der Waals surface area contributed by atoms with Crippen LogP contribution >= 0.6 is 11.6 Å². The highest BCUT2D eigenvalue weighted by Crippen LogP contribution is 2.49. The third-order valence-corrected chi connectivity index (χ3v) is 5.43. The number of carbonyl (C=O) groups is 1. The van der Waals surface area contributed by atoms with E-state index < -0.39 is 10.8 Å². The van der Waals surface area contributed by atoms with E-state index in [1.54, 1.807) is 0 Å². The highest BCUT2D eigenvalue weighted by molar-refractivity contribution is 6.31. The van der Waals surface area contributed by atoms with E-state index in [2.05, 4.69) is 5.32 Å². The molecule has 6 heteroatoms. The molecule has 5 nitrogen and oxygen atoms in total. The zero-order valence-electron chi connectivity index (χ0n) is 12.4. The number of hydrogen-bond acceptors (Lipinski definition) is 3. The SMILES string of the molecule is C[C@@H](NC(=O)c1cc(Cl)ccc1[N+](=O)[O-])[C@@H]1C[C@H]2CC[C@H]1C2. The van der Waals surface area contributed by atoms with Crippen molar-refractivity contribution >= 4 is 23.2 Å². The number of rotatable bonds is 4. The number of carbonyl (C=O) groups excluding carboxylic acids is 1. The summed E-state index contributed by atoms with van der Waals surface area (Å²) in [6, 6.07) is 4.10. The lowest BCUT2D eigenvalue weighted by molar-refractivity contribution is -0.385. The van der Waals surface area contributed by atoms with Crippen LogP contribution in [0.15, 0.2) is 18.2 Å². The number of hydrogen-bond donors (Lipinski definition) is 1. The Balaban J connectivity index is 1.74. The van der Waals surface area contributed by atoms with Crippen molar-refractivity contribution in [3.8, 4) is 0 Å². The zero-order chi connectivity index (χ0) is 15.9. The number of nitro groups is 1. The molecule has 1 aromatic rings. The van der Waals surface area contributed by atoms with Crippen molar-refractivity contribution in [2.75, 3.05) is 0 Å². The number of halogens is 1. The number of fused-ring (bicyclic) bond motifs is 2. The predicted molar refractivity (Wildman–Crippen MR) is 84.0 cm³/mol. The smallest absolute Gasteiger partial charge is 0.282 e. The zero-order valence-corrected chi connectivity index (χ0v) is 13.2. The number of nitrogens with one attached hydrogen (secondary N) is 1. The summed E-state index contributed by atoms with van der Waals surface area (Å²) in [6.45, 7) is 2.00. The highest BCUT2D eigenvalue weighted by Gasteiger charge is 2.42. The van der Waals surface area contributed by atoms with Gasteiger partial charge in [0.05, 0.1) is 4.92 Å². The van der Waals surface area contributed by atoms with Gasteiger partial charge in [0, 0.05) is 17.1 Å². The van der Waals surface area contributed by atoms with Crippen LogP contribution < -0.4 is 5.32 Å². The average molecular weight is 323 g/mol. The fourth-order valence-electron chi connectivity index (χ4n) is 4.15. The molecule has 1 amide bonds. The van der Waals surface area contributed by atoms with Gasteiger partial charge >= 0.3 is 0 Å². The number of benzene rings is 1. The van der Waals surface area contributed by atoms with Crippen LogP contribution in [0.2, 0.25) is 5.02 Å². The summed E-state index contributed by atoms with van der Waals surface area (Å²) >= 11 is 5.88. The largest absolute Gasteiger partial charge is 0.349 e. The second kappa shape index (κ2) is 5.88. The Morgan fingerprint density at radius 1 is 1.41 bits per heavy atom. The molecule has 0 unspecified atom stereocenters. The van der Waals surface area contributed by atoms with Gasteiger partial charge in [0.25, 0.3) is 11.6 Å². The first-order chi connectivity index (χ1) is 10.5. The second-order valence-electron chi connectivity index (χ2n) is 6.52. The van der Waals surface area contributed by atoms with Crippen molar-refractivity contribution in [3.63, 3.8) is 0 Å². The first kappa shape index (κ1) is 15.3. The first-order valence-corrected chi connectivity index (χ1v) is 8.08. The summed E-state index contributed by atoms with van der Waals surface area (Å²) in [4.78, 5) is 22.9. The minimum absolute atomic E-state index is 0.0291. The van der Waals surface area contributed by atoms with E-state index in [0.29, 0.717) is 16.9 Å². The van der Waals surface area contributed by atoms with Gasteiger partial charge in [0.1, 0.15) is 5.56 Å². The Morgan fingerprint density at radius 2 is 2.18 bits per heavy atom. The average Bonchev–Trinajstić information content (AvgIpc) is 3.09. The van der Waals surface area contributed by atoms with Crippen molar-refractivity contribution in [2.24, 2.45) is 17.8 Å². The summed E-state index contributed by atoms with van der Waals surface area (Å²) < 4.78 is 0. The van der Waals surface area contributed by atoms with E-state index in [4.69, 9.17) is 11.6 Å². The van der Waals surface area contributed by atoms with Crippen molar-refractivity contribution in [1.82, 2.24) is 5.32 Å². The van der Waals surface area contributed by atoms with Crippen LogP contribution in [0.4, 0.5) is 5.69 Å². The van der Waals surface area contributed by atoms with Crippen LogP contribution in [-0.2, 0) is 0 Å². The van der Waals surface area contributed by atoms with Crippen molar-refractivity contribution in [3.05, 3.63) is 38.9 Å². The molecule has 118 valence electrons. The van der Waals surface area contributed by atoms with Gasteiger partial charge in [-0.15, -0.1) is 0 Å². The standard InChI is InChI=1S/C16H19ClN2O3/c1-9(13-7-10-2-3-11(13)6-10)18-16(20)14-8-12(17)4-5-15(14)19(21)22/h4-5,8-11,13H,2-3,6-7H2,1H3,(H,18,20)/t9-,10+,11+,13+/m1/s1. The fraction of sp³-hybridized carbons (Fsp3) is 0.562. The van der Waals surface area contributed by atoms with Gasteiger partial charge in [-0.2, -0.15) is 0 Å². The summed E-state index contributed by atoms with van der Waals surface area (Å²) in [5, 5.41) is 14.3. The number of nitrogens with zero attached hydrogens (tertiary/aromatic N) is 1. The van der Waals surface area contributed by atoms with Gasteiger partial charge in [0.2, 0.25) is 0 Å². The Morgan fingerprint density at radius 3 is 2.77 bits per heavy atom. The van der Waals surface area contributed by atoms with Gasteiger partial charge in [-0.25, -0.2) is 0 Å². The van der Waals surface area contributed by atoms with E-state index in [1.165, 1.54) is 37.5 Å².